The Bertz CT molecular complexity index is 417. The Hall–Kier alpha value is -0.570. The molecule has 1 aromatic rings. The SMILES string of the molecule is CCN(CC)C(C)(CC)C(O)c1ccc(C)c(Cl)c1. The van der Waals surface area contributed by atoms with Gasteiger partial charge in [0.15, 0.2) is 0 Å². The smallest absolute Gasteiger partial charge is 0.0971 e. The lowest BCUT2D eigenvalue weighted by Crippen LogP contribution is -2.50. The first-order valence-corrected chi connectivity index (χ1v) is 7.47. The number of likely N-dealkylation sites (N-methyl/N-ethyl adjacent to an activating group) is 1. The van der Waals surface area contributed by atoms with Crippen molar-refractivity contribution in [1.82, 2.24) is 4.90 Å². The maximum atomic E-state index is 10.8. The van der Waals surface area contributed by atoms with E-state index in [2.05, 4.69) is 32.6 Å². The first-order valence-electron chi connectivity index (χ1n) is 7.09. The number of hydrogen-bond acceptors (Lipinski definition) is 2. The average Bonchev–Trinajstić information content (AvgIpc) is 2.42. The highest BCUT2D eigenvalue weighted by atomic mass is 35.5. The van der Waals surface area contributed by atoms with Gasteiger partial charge in [0.25, 0.3) is 0 Å². The first kappa shape index (κ1) is 16.5. The van der Waals surface area contributed by atoms with E-state index in [0.717, 1.165) is 35.7 Å². The van der Waals surface area contributed by atoms with E-state index in [1.165, 1.54) is 0 Å². The average molecular weight is 284 g/mol. The quantitative estimate of drug-likeness (QED) is 0.846. The molecule has 3 heteroatoms. The molecule has 0 amide bonds. The monoisotopic (exact) mass is 283 g/mol. The lowest BCUT2D eigenvalue weighted by atomic mass is 9.85. The van der Waals surface area contributed by atoms with Crippen molar-refractivity contribution in [3.63, 3.8) is 0 Å². The second kappa shape index (κ2) is 6.74. The second-order valence-electron chi connectivity index (χ2n) is 5.29. The molecule has 0 heterocycles. The standard InChI is InChI=1S/C16H26ClNO/c1-6-16(5,18(7-2)8-3)15(19)13-10-9-12(4)14(17)11-13/h9-11,15,19H,6-8H2,1-5H3. The predicted octanol–water partition coefficient (Wildman–Crippen LogP) is 4.19. The van der Waals surface area contributed by atoms with Gasteiger partial charge in [0.2, 0.25) is 0 Å². The molecule has 1 N–H and O–H groups in total. The number of rotatable bonds is 6. The Morgan fingerprint density at radius 3 is 2.26 bits per heavy atom. The molecule has 2 atom stereocenters. The Morgan fingerprint density at radius 2 is 1.84 bits per heavy atom. The van der Waals surface area contributed by atoms with E-state index >= 15 is 0 Å². The topological polar surface area (TPSA) is 23.5 Å². The third-order valence-corrected chi connectivity index (χ3v) is 4.71. The van der Waals surface area contributed by atoms with Crippen molar-refractivity contribution < 1.29 is 5.11 Å². The zero-order chi connectivity index (χ0) is 14.6. The molecule has 0 aliphatic rings. The summed E-state index contributed by atoms with van der Waals surface area (Å²) in [6.45, 7) is 12.3. The van der Waals surface area contributed by atoms with Crippen LogP contribution in [0.25, 0.3) is 0 Å². The van der Waals surface area contributed by atoms with Crippen LogP contribution in [0.4, 0.5) is 0 Å². The summed E-state index contributed by atoms with van der Waals surface area (Å²) >= 11 is 6.17. The van der Waals surface area contributed by atoms with Crippen LogP contribution in [0.15, 0.2) is 18.2 Å². The normalized spacial score (nSPS) is 16.4. The minimum atomic E-state index is -0.532. The highest BCUT2D eigenvalue weighted by Crippen LogP contribution is 2.35. The summed E-state index contributed by atoms with van der Waals surface area (Å²) in [4.78, 5) is 2.31. The molecule has 0 aliphatic heterocycles. The number of nitrogens with zero attached hydrogens (tertiary/aromatic N) is 1. The Kier molecular flexibility index (Phi) is 5.84. The first-order chi connectivity index (χ1) is 8.90. The third-order valence-electron chi connectivity index (χ3n) is 4.30. The summed E-state index contributed by atoms with van der Waals surface area (Å²) in [5, 5.41) is 11.5. The molecule has 0 spiro atoms. The zero-order valence-corrected chi connectivity index (χ0v) is 13.5. The predicted molar refractivity (Wildman–Crippen MR) is 82.8 cm³/mol. The lowest BCUT2D eigenvalue weighted by molar-refractivity contribution is -0.0213. The number of aliphatic hydroxyl groups is 1. The Balaban J connectivity index is 3.13. The van der Waals surface area contributed by atoms with E-state index in [1.807, 2.05) is 25.1 Å². The van der Waals surface area contributed by atoms with E-state index in [-0.39, 0.29) is 5.54 Å². The fraction of sp³-hybridized carbons (Fsp3) is 0.625. The summed E-state index contributed by atoms with van der Waals surface area (Å²) in [5.41, 5.74) is 1.67. The van der Waals surface area contributed by atoms with Gasteiger partial charge in [-0.3, -0.25) is 4.90 Å². The summed E-state index contributed by atoms with van der Waals surface area (Å²) < 4.78 is 0. The molecule has 0 bridgehead atoms. The molecule has 2 unspecified atom stereocenters. The summed E-state index contributed by atoms with van der Waals surface area (Å²) in [6, 6.07) is 5.83. The van der Waals surface area contributed by atoms with Crippen molar-refractivity contribution in [2.45, 2.75) is 52.7 Å². The zero-order valence-electron chi connectivity index (χ0n) is 12.7. The van der Waals surface area contributed by atoms with E-state index in [1.54, 1.807) is 0 Å². The molecule has 1 rings (SSSR count). The van der Waals surface area contributed by atoms with Gasteiger partial charge in [-0.05, 0) is 50.6 Å². The highest BCUT2D eigenvalue weighted by Gasteiger charge is 2.36. The molecule has 0 aromatic heterocycles. The summed E-state index contributed by atoms with van der Waals surface area (Å²) in [6.07, 6.45) is 0.358. The second-order valence-corrected chi connectivity index (χ2v) is 5.70. The Labute approximate surface area is 122 Å². The van der Waals surface area contributed by atoms with Crippen molar-refractivity contribution in [3.8, 4) is 0 Å². The number of halogens is 1. The number of hydrogen-bond donors (Lipinski definition) is 1. The van der Waals surface area contributed by atoms with Crippen molar-refractivity contribution in [1.29, 1.82) is 0 Å². The third kappa shape index (κ3) is 3.31. The van der Waals surface area contributed by atoms with Crippen molar-refractivity contribution in [2.24, 2.45) is 0 Å². The molecular formula is C16H26ClNO. The van der Waals surface area contributed by atoms with Crippen LogP contribution in [0.5, 0.6) is 0 Å². The molecular weight excluding hydrogens is 258 g/mol. The van der Waals surface area contributed by atoms with Crippen LogP contribution >= 0.6 is 11.6 Å². The van der Waals surface area contributed by atoms with Crippen LogP contribution in [0.2, 0.25) is 5.02 Å². The van der Waals surface area contributed by atoms with Gasteiger partial charge in [0.05, 0.1) is 6.10 Å². The molecule has 2 nitrogen and oxygen atoms in total. The van der Waals surface area contributed by atoms with Gasteiger partial charge in [-0.15, -0.1) is 0 Å². The number of benzene rings is 1. The molecule has 0 fully saturated rings. The minimum Gasteiger partial charge on any atom is -0.386 e. The van der Waals surface area contributed by atoms with Gasteiger partial charge in [0, 0.05) is 10.6 Å². The minimum absolute atomic E-state index is 0.262. The summed E-state index contributed by atoms with van der Waals surface area (Å²) in [5.74, 6) is 0. The van der Waals surface area contributed by atoms with Crippen LogP contribution in [0.1, 0.15) is 51.3 Å². The molecule has 19 heavy (non-hydrogen) atoms. The van der Waals surface area contributed by atoms with E-state index in [4.69, 9.17) is 11.6 Å². The molecule has 0 saturated carbocycles. The van der Waals surface area contributed by atoms with Gasteiger partial charge in [-0.25, -0.2) is 0 Å². The van der Waals surface area contributed by atoms with E-state index in [0.29, 0.717) is 0 Å². The number of aliphatic hydroxyl groups excluding tert-OH is 1. The molecule has 108 valence electrons. The van der Waals surface area contributed by atoms with Crippen LogP contribution in [0.3, 0.4) is 0 Å². The largest absolute Gasteiger partial charge is 0.386 e. The fourth-order valence-corrected chi connectivity index (χ4v) is 2.86. The fourth-order valence-electron chi connectivity index (χ4n) is 2.67. The van der Waals surface area contributed by atoms with Gasteiger partial charge in [0.1, 0.15) is 0 Å². The highest BCUT2D eigenvalue weighted by molar-refractivity contribution is 6.31. The van der Waals surface area contributed by atoms with Gasteiger partial charge < -0.3 is 5.11 Å². The number of aryl methyl sites for hydroxylation is 1. The summed E-state index contributed by atoms with van der Waals surface area (Å²) in [7, 11) is 0. The maximum absolute atomic E-state index is 10.8. The van der Waals surface area contributed by atoms with Gasteiger partial charge >= 0.3 is 0 Å². The van der Waals surface area contributed by atoms with Crippen LogP contribution < -0.4 is 0 Å². The van der Waals surface area contributed by atoms with Gasteiger partial charge in [-0.2, -0.15) is 0 Å². The van der Waals surface area contributed by atoms with Crippen LogP contribution in [-0.4, -0.2) is 28.6 Å². The molecule has 0 radical (unpaired) electrons. The Morgan fingerprint density at radius 1 is 1.26 bits per heavy atom. The van der Waals surface area contributed by atoms with E-state index in [9.17, 15) is 5.11 Å². The maximum Gasteiger partial charge on any atom is 0.0971 e. The van der Waals surface area contributed by atoms with Gasteiger partial charge in [-0.1, -0.05) is 44.5 Å². The van der Waals surface area contributed by atoms with Crippen molar-refractivity contribution in [3.05, 3.63) is 34.3 Å². The van der Waals surface area contributed by atoms with Crippen LogP contribution in [0, 0.1) is 6.92 Å². The van der Waals surface area contributed by atoms with Crippen molar-refractivity contribution >= 4 is 11.6 Å². The van der Waals surface area contributed by atoms with Crippen molar-refractivity contribution in [2.75, 3.05) is 13.1 Å². The molecule has 1 aromatic carbocycles. The van der Waals surface area contributed by atoms with E-state index < -0.39 is 6.10 Å². The lowest BCUT2D eigenvalue weighted by Gasteiger charge is -2.43. The van der Waals surface area contributed by atoms with Crippen LogP contribution in [-0.2, 0) is 0 Å². The molecule has 0 saturated heterocycles. The molecule has 0 aliphatic carbocycles.